The fourth-order valence-electron chi connectivity index (χ4n) is 4.20. The lowest BCUT2D eigenvalue weighted by molar-refractivity contribution is 0.261. The third kappa shape index (κ3) is 3.20. The van der Waals surface area contributed by atoms with Crippen molar-refractivity contribution in [3.05, 3.63) is 65.4 Å². The largest absolute Gasteiger partial charge is 0.368 e. The summed E-state index contributed by atoms with van der Waals surface area (Å²) >= 11 is 6.09. The molecule has 1 aliphatic heterocycles. The van der Waals surface area contributed by atoms with Crippen LogP contribution in [0.3, 0.4) is 0 Å². The molecule has 5 heteroatoms. The smallest absolute Gasteiger partial charge is 0.0474 e. The maximum Gasteiger partial charge on any atom is 0.0474 e. The lowest BCUT2D eigenvalue weighted by atomic mass is 10.1. The van der Waals surface area contributed by atoms with Gasteiger partial charge in [-0.15, -0.1) is 0 Å². The molecule has 2 aromatic heterocycles. The molecule has 27 heavy (non-hydrogen) atoms. The highest BCUT2D eigenvalue weighted by Gasteiger charge is 2.19. The van der Waals surface area contributed by atoms with Crippen LogP contribution in [0.15, 0.2) is 54.9 Å². The van der Waals surface area contributed by atoms with Crippen molar-refractivity contribution in [1.82, 2.24) is 14.9 Å². The number of hydrogen-bond acceptors (Lipinski definition) is 2. The monoisotopic (exact) mass is 378 g/mol. The molecular weight excluding hydrogens is 356 g/mol. The molecule has 0 saturated carbocycles. The van der Waals surface area contributed by atoms with Crippen molar-refractivity contribution in [3.8, 4) is 0 Å². The van der Waals surface area contributed by atoms with Gasteiger partial charge in [-0.25, -0.2) is 0 Å². The van der Waals surface area contributed by atoms with Crippen molar-refractivity contribution < 1.29 is 0 Å². The number of anilines is 1. The summed E-state index contributed by atoms with van der Waals surface area (Å²) in [5.41, 5.74) is 5.07. The third-order valence-electron chi connectivity index (χ3n) is 5.71. The van der Waals surface area contributed by atoms with Crippen LogP contribution in [-0.4, -0.2) is 47.6 Å². The molecule has 2 N–H and O–H groups in total. The van der Waals surface area contributed by atoms with E-state index in [-0.39, 0.29) is 0 Å². The minimum absolute atomic E-state index is 0.782. The first-order valence-electron chi connectivity index (χ1n) is 9.57. The lowest BCUT2D eigenvalue weighted by Crippen LogP contribution is -2.47. The van der Waals surface area contributed by atoms with Gasteiger partial charge < -0.3 is 14.9 Å². The summed E-state index contributed by atoms with van der Waals surface area (Å²) in [6.07, 6.45) is 5.22. The quantitative estimate of drug-likeness (QED) is 0.541. The minimum atomic E-state index is 0.782. The Morgan fingerprint density at radius 3 is 2.67 bits per heavy atom. The van der Waals surface area contributed by atoms with E-state index in [0.717, 1.165) is 49.7 Å². The summed E-state index contributed by atoms with van der Waals surface area (Å²) < 4.78 is 0. The van der Waals surface area contributed by atoms with Crippen LogP contribution >= 0.6 is 11.6 Å². The van der Waals surface area contributed by atoms with Crippen molar-refractivity contribution >= 4 is 39.1 Å². The first-order valence-corrected chi connectivity index (χ1v) is 9.95. The Morgan fingerprint density at radius 1 is 0.889 bits per heavy atom. The van der Waals surface area contributed by atoms with Gasteiger partial charge in [0.1, 0.15) is 0 Å². The summed E-state index contributed by atoms with van der Waals surface area (Å²) in [5, 5.41) is 3.39. The van der Waals surface area contributed by atoms with E-state index < -0.39 is 0 Å². The zero-order valence-corrected chi connectivity index (χ0v) is 16.0. The molecule has 0 atom stereocenters. The summed E-state index contributed by atoms with van der Waals surface area (Å²) in [6, 6.07) is 14.8. The number of fused-ring (bicyclic) bond motifs is 2. The molecule has 0 amide bonds. The standard InChI is InChI=1S/C22H23ClN4/c23-17-4-5-18-16(15-25-21(18)14-17)7-9-26-10-12-27(13-11-26)22-3-1-2-20-19(22)6-8-24-20/h1-6,8,14-15,24-25H,7,9-13H2. The Morgan fingerprint density at radius 2 is 1.78 bits per heavy atom. The third-order valence-corrected chi connectivity index (χ3v) is 5.95. The summed E-state index contributed by atoms with van der Waals surface area (Å²) in [6.45, 7) is 5.46. The van der Waals surface area contributed by atoms with Gasteiger partial charge >= 0.3 is 0 Å². The maximum atomic E-state index is 6.09. The Hall–Kier alpha value is -2.43. The van der Waals surface area contributed by atoms with Crippen molar-refractivity contribution in [2.24, 2.45) is 0 Å². The molecule has 0 radical (unpaired) electrons. The van der Waals surface area contributed by atoms with E-state index in [1.54, 1.807) is 0 Å². The molecule has 5 rings (SSSR count). The number of hydrogen-bond donors (Lipinski definition) is 2. The van der Waals surface area contributed by atoms with Gasteiger partial charge in [-0.2, -0.15) is 0 Å². The van der Waals surface area contributed by atoms with E-state index in [1.165, 1.54) is 27.5 Å². The van der Waals surface area contributed by atoms with Crippen LogP contribution in [0.2, 0.25) is 5.02 Å². The molecule has 0 spiro atoms. The first kappa shape index (κ1) is 16.7. The Balaban J connectivity index is 1.22. The van der Waals surface area contributed by atoms with Gasteiger partial charge in [-0.05, 0) is 42.3 Å². The number of nitrogens with zero attached hydrogens (tertiary/aromatic N) is 2. The van der Waals surface area contributed by atoms with Crippen molar-refractivity contribution in [3.63, 3.8) is 0 Å². The molecule has 4 aromatic rings. The predicted molar refractivity (Wildman–Crippen MR) is 114 cm³/mol. The van der Waals surface area contributed by atoms with Crippen LogP contribution < -0.4 is 4.90 Å². The maximum absolute atomic E-state index is 6.09. The van der Waals surface area contributed by atoms with Gasteiger partial charge in [0.15, 0.2) is 0 Å². The Kier molecular flexibility index (Phi) is 4.30. The van der Waals surface area contributed by atoms with Crippen LogP contribution in [0.25, 0.3) is 21.8 Å². The second-order valence-electron chi connectivity index (χ2n) is 7.30. The second kappa shape index (κ2) is 6.95. The van der Waals surface area contributed by atoms with Gasteiger partial charge in [0.25, 0.3) is 0 Å². The van der Waals surface area contributed by atoms with Gasteiger partial charge in [0, 0.05) is 77.6 Å². The van der Waals surface area contributed by atoms with Gasteiger partial charge in [-0.3, -0.25) is 4.90 Å². The summed E-state index contributed by atoms with van der Waals surface area (Å²) in [4.78, 5) is 11.7. The van der Waals surface area contributed by atoms with E-state index in [4.69, 9.17) is 11.6 Å². The van der Waals surface area contributed by atoms with Crippen LogP contribution in [0, 0.1) is 0 Å². The van der Waals surface area contributed by atoms with Gasteiger partial charge in [-0.1, -0.05) is 23.7 Å². The van der Waals surface area contributed by atoms with Crippen molar-refractivity contribution in [2.45, 2.75) is 6.42 Å². The number of halogens is 1. The fraction of sp³-hybridized carbons (Fsp3) is 0.273. The normalized spacial score (nSPS) is 15.8. The number of H-pyrrole nitrogens is 2. The highest BCUT2D eigenvalue weighted by atomic mass is 35.5. The second-order valence-corrected chi connectivity index (χ2v) is 7.73. The molecule has 4 nitrogen and oxygen atoms in total. The number of benzene rings is 2. The van der Waals surface area contributed by atoms with Crippen LogP contribution in [0.5, 0.6) is 0 Å². The lowest BCUT2D eigenvalue weighted by Gasteiger charge is -2.36. The number of aromatic nitrogens is 2. The highest BCUT2D eigenvalue weighted by Crippen LogP contribution is 2.27. The molecule has 1 fully saturated rings. The van der Waals surface area contributed by atoms with E-state index in [9.17, 15) is 0 Å². The SMILES string of the molecule is Clc1ccc2c(CCN3CCN(c4cccc5[nH]ccc45)CC3)c[nH]c2c1. The van der Waals surface area contributed by atoms with E-state index in [1.807, 2.05) is 18.3 Å². The molecule has 138 valence electrons. The summed E-state index contributed by atoms with van der Waals surface area (Å²) in [5.74, 6) is 0. The molecular formula is C22H23ClN4. The fourth-order valence-corrected chi connectivity index (χ4v) is 4.37. The predicted octanol–water partition coefficient (Wildman–Crippen LogP) is 4.67. The van der Waals surface area contributed by atoms with E-state index in [2.05, 4.69) is 56.3 Å². The van der Waals surface area contributed by atoms with Gasteiger partial charge in [0.2, 0.25) is 0 Å². The van der Waals surface area contributed by atoms with Crippen LogP contribution in [0.1, 0.15) is 5.56 Å². The first-order chi connectivity index (χ1) is 13.3. The Bertz CT molecular complexity index is 1070. The van der Waals surface area contributed by atoms with E-state index in [0.29, 0.717) is 0 Å². The van der Waals surface area contributed by atoms with Gasteiger partial charge in [0.05, 0.1) is 0 Å². The van der Waals surface area contributed by atoms with E-state index >= 15 is 0 Å². The topological polar surface area (TPSA) is 38.1 Å². The molecule has 0 unspecified atom stereocenters. The van der Waals surface area contributed by atoms with Crippen LogP contribution in [0.4, 0.5) is 5.69 Å². The zero-order valence-electron chi connectivity index (χ0n) is 15.2. The highest BCUT2D eigenvalue weighted by molar-refractivity contribution is 6.31. The molecule has 2 aromatic carbocycles. The minimum Gasteiger partial charge on any atom is -0.368 e. The molecule has 1 saturated heterocycles. The number of nitrogens with one attached hydrogen (secondary N) is 2. The molecule has 3 heterocycles. The molecule has 0 bridgehead atoms. The number of aromatic amines is 2. The number of piperazine rings is 1. The average Bonchev–Trinajstić information content (AvgIpc) is 3.33. The van der Waals surface area contributed by atoms with Crippen molar-refractivity contribution in [1.29, 1.82) is 0 Å². The Labute approximate surface area is 163 Å². The average molecular weight is 379 g/mol. The van der Waals surface area contributed by atoms with Crippen molar-refractivity contribution in [2.75, 3.05) is 37.6 Å². The summed E-state index contributed by atoms with van der Waals surface area (Å²) in [7, 11) is 0. The van der Waals surface area contributed by atoms with Crippen LogP contribution in [-0.2, 0) is 6.42 Å². The number of rotatable bonds is 4. The zero-order chi connectivity index (χ0) is 18.2. The molecule has 0 aliphatic carbocycles. The molecule has 1 aliphatic rings.